The zero-order chi connectivity index (χ0) is 36.6. The molecule has 3 aliphatic rings. The molecule has 50 heavy (non-hydrogen) atoms. The number of aromatic nitrogens is 1. The number of Topliss-reactive ketones (excluding diaryl/α,β-unsaturated/α-hetero) is 1. The van der Waals surface area contributed by atoms with Gasteiger partial charge in [0.05, 0.1) is 30.4 Å². The Labute approximate surface area is 293 Å². The van der Waals surface area contributed by atoms with E-state index in [0.717, 1.165) is 5.39 Å². The summed E-state index contributed by atoms with van der Waals surface area (Å²) in [5.41, 5.74) is -2.08. The Balaban J connectivity index is 1.44. The van der Waals surface area contributed by atoms with Crippen molar-refractivity contribution < 1.29 is 41.8 Å². The Hall–Kier alpha value is -4.20. The van der Waals surface area contributed by atoms with Crippen LogP contribution in [0.4, 0.5) is 4.79 Å². The minimum absolute atomic E-state index is 0.0198. The molecule has 3 fully saturated rings. The number of carbonyl (C=O) groups is 4. The molecule has 1 N–H and O–H groups in total. The van der Waals surface area contributed by atoms with Crippen LogP contribution in [0.5, 0.6) is 11.6 Å². The molecule has 14 heteroatoms. The molecule has 3 amide bonds. The number of likely N-dealkylation sites (tertiary alicyclic amines) is 1. The number of nitrogens with zero attached hydrogens (tertiary/aromatic N) is 3. The Morgan fingerprint density at radius 3 is 2.52 bits per heavy atom. The molecule has 0 unspecified atom stereocenters. The van der Waals surface area contributed by atoms with E-state index in [1.807, 2.05) is 25.1 Å². The van der Waals surface area contributed by atoms with E-state index in [2.05, 4.69) is 16.3 Å². The van der Waals surface area contributed by atoms with E-state index in [-0.39, 0.29) is 25.8 Å². The van der Waals surface area contributed by atoms with Crippen molar-refractivity contribution in [3.8, 4) is 11.6 Å². The molecular formula is C36H48N4O9S. The fourth-order valence-corrected chi connectivity index (χ4v) is 8.04. The summed E-state index contributed by atoms with van der Waals surface area (Å²) in [6.45, 7) is 10.9. The minimum atomic E-state index is -3.85. The Kier molecular flexibility index (Phi) is 10.5. The fourth-order valence-electron chi connectivity index (χ4n) is 6.66. The average molecular weight is 713 g/mol. The number of hydrogen-bond acceptors (Lipinski definition) is 10. The quantitative estimate of drug-likeness (QED) is 0.278. The SMILES string of the molecule is C=C[C@@H]1C[C@]1(CC(=O)[C@@H]1C[C@@H](Oc2nccc3cc(OC)ccc23)CN1C(=O)[C@H](CCC)N(C)C(=O)OC(C)(C)C)C(=O)NS(=O)(=O)C1CC1. The predicted octanol–water partition coefficient (Wildman–Crippen LogP) is 4.39. The molecule has 0 spiro atoms. The van der Waals surface area contributed by atoms with Crippen LogP contribution in [-0.2, 0) is 29.1 Å². The van der Waals surface area contributed by atoms with Crippen LogP contribution in [0.1, 0.15) is 72.6 Å². The number of rotatable bonds is 14. The lowest BCUT2D eigenvalue weighted by molar-refractivity contribution is -0.142. The summed E-state index contributed by atoms with van der Waals surface area (Å²) in [6, 6.07) is 5.34. The molecule has 1 aliphatic heterocycles. The van der Waals surface area contributed by atoms with Crippen molar-refractivity contribution in [2.75, 3.05) is 20.7 Å². The van der Waals surface area contributed by atoms with Crippen LogP contribution in [0.15, 0.2) is 43.1 Å². The number of carbonyl (C=O) groups excluding carboxylic acids is 4. The maximum Gasteiger partial charge on any atom is 0.410 e. The Morgan fingerprint density at radius 1 is 1.20 bits per heavy atom. The smallest absolute Gasteiger partial charge is 0.410 e. The number of ether oxygens (including phenoxy) is 3. The molecule has 5 rings (SSSR count). The molecule has 1 aromatic carbocycles. The molecule has 2 aliphatic carbocycles. The predicted molar refractivity (Wildman–Crippen MR) is 186 cm³/mol. The highest BCUT2D eigenvalue weighted by atomic mass is 32.2. The maximum absolute atomic E-state index is 14.4. The second kappa shape index (κ2) is 14.2. The van der Waals surface area contributed by atoms with Gasteiger partial charge in [0.25, 0.3) is 0 Å². The first-order valence-corrected chi connectivity index (χ1v) is 18.6. The van der Waals surface area contributed by atoms with Crippen LogP contribution in [0.2, 0.25) is 0 Å². The first-order chi connectivity index (χ1) is 23.5. The summed E-state index contributed by atoms with van der Waals surface area (Å²) >= 11 is 0. The second-order valence-electron chi connectivity index (χ2n) is 14.6. The van der Waals surface area contributed by atoms with Crippen molar-refractivity contribution in [2.24, 2.45) is 11.3 Å². The lowest BCUT2D eigenvalue weighted by atomic mass is 9.91. The molecule has 2 saturated carbocycles. The molecule has 5 atom stereocenters. The third-order valence-electron chi connectivity index (χ3n) is 9.69. The van der Waals surface area contributed by atoms with Gasteiger partial charge in [0, 0.05) is 31.5 Å². The van der Waals surface area contributed by atoms with E-state index in [9.17, 15) is 27.6 Å². The first kappa shape index (κ1) is 37.1. The zero-order valence-electron chi connectivity index (χ0n) is 29.6. The number of nitrogens with one attached hydrogen (secondary N) is 1. The lowest BCUT2D eigenvalue weighted by Crippen LogP contribution is -2.53. The van der Waals surface area contributed by atoms with Gasteiger partial charge in [-0.25, -0.2) is 18.2 Å². The van der Waals surface area contributed by atoms with Gasteiger partial charge in [0.1, 0.15) is 23.5 Å². The van der Waals surface area contributed by atoms with Crippen molar-refractivity contribution in [3.63, 3.8) is 0 Å². The third kappa shape index (κ3) is 7.90. The Bertz CT molecular complexity index is 1770. The number of likely N-dealkylation sites (N-methyl/N-ethyl adjacent to an activating group) is 1. The van der Waals surface area contributed by atoms with E-state index in [1.54, 1.807) is 46.2 Å². The van der Waals surface area contributed by atoms with E-state index in [0.29, 0.717) is 42.7 Å². The largest absolute Gasteiger partial charge is 0.497 e. The number of pyridine rings is 1. The molecule has 0 radical (unpaired) electrons. The molecule has 272 valence electrons. The molecule has 1 aromatic heterocycles. The van der Waals surface area contributed by atoms with Crippen molar-refractivity contribution in [1.82, 2.24) is 19.5 Å². The van der Waals surface area contributed by atoms with Crippen LogP contribution in [0.3, 0.4) is 0 Å². The number of methoxy groups -OCH3 is 1. The number of fused-ring (bicyclic) bond motifs is 1. The van der Waals surface area contributed by atoms with Crippen LogP contribution in [-0.4, -0.2) is 96.6 Å². The number of amides is 3. The van der Waals surface area contributed by atoms with Crippen LogP contribution in [0.25, 0.3) is 10.8 Å². The second-order valence-corrected chi connectivity index (χ2v) is 16.6. The highest BCUT2D eigenvalue weighted by Gasteiger charge is 2.61. The van der Waals surface area contributed by atoms with Gasteiger partial charge in [-0.15, -0.1) is 6.58 Å². The van der Waals surface area contributed by atoms with Gasteiger partial charge in [-0.2, -0.15) is 0 Å². The summed E-state index contributed by atoms with van der Waals surface area (Å²) in [7, 11) is -0.773. The van der Waals surface area contributed by atoms with Crippen molar-refractivity contribution in [3.05, 3.63) is 43.1 Å². The van der Waals surface area contributed by atoms with Gasteiger partial charge in [0.2, 0.25) is 27.7 Å². The number of sulfonamides is 1. The molecular weight excluding hydrogens is 664 g/mol. The van der Waals surface area contributed by atoms with Gasteiger partial charge in [-0.1, -0.05) is 19.4 Å². The first-order valence-electron chi connectivity index (χ1n) is 17.1. The normalized spacial score (nSPS) is 23.9. The van der Waals surface area contributed by atoms with Crippen LogP contribution in [0, 0.1) is 11.3 Å². The fraction of sp³-hybridized carbons (Fsp3) is 0.583. The van der Waals surface area contributed by atoms with Gasteiger partial charge >= 0.3 is 6.09 Å². The summed E-state index contributed by atoms with van der Waals surface area (Å²) in [5.74, 6) is -1.00. The van der Waals surface area contributed by atoms with Crippen molar-refractivity contribution in [2.45, 2.75) is 102 Å². The molecule has 2 heterocycles. The lowest BCUT2D eigenvalue weighted by Gasteiger charge is -2.34. The van der Waals surface area contributed by atoms with Gasteiger partial charge < -0.3 is 19.1 Å². The van der Waals surface area contributed by atoms with E-state index >= 15 is 0 Å². The molecule has 1 saturated heterocycles. The van der Waals surface area contributed by atoms with Gasteiger partial charge in [0.15, 0.2) is 5.78 Å². The number of hydrogen-bond donors (Lipinski definition) is 1. The number of allylic oxidation sites excluding steroid dienone is 1. The zero-order valence-corrected chi connectivity index (χ0v) is 30.5. The average Bonchev–Trinajstić information content (AvgIpc) is 3.99. The number of benzene rings is 1. The van der Waals surface area contributed by atoms with Crippen LogP contribution < -0.4 is 14.2 Å². The monoisotopic (exact) mass is 712 g/mol. The Morgan fingerprint density at radius 2 is 1.92 bits per heavy atom. The standard InChI is InChI=1S/C36H48N4O9S/c1-8-10-28(39(6)34(44)49-35(3,4)5)32(42)40-21-25(48-31-27-14-11-24(47-7)17-22(27)15-16-37-31)18-29(40)30(41)20-36(19-23(36)9-2)33(43)38-50(45,46)26-12-13-26/h9,11,14-17,23,25-26,28-29H,2,8,10,12-13,18-21H2,1,3-7H3,(H,38,43)/t23-,25-,28+,29+,36-/m1/s1. The third-order valence-corrected chi connectivity index (χ3v) is 11.5. The summed E-state index contributed by atoms with van der Waals surface area (Å²) in [4.78, 5) is 62.4. The minimum Gasteiger partial charge on any atom is -0.497 e. The van der Waals surface area contributed by atoms with Crippen molar-refractivity contribution >= 4 is 44.5 Å². The summed E-state index contributed by atoms with van der Waals surface area (Å²) < 4.78 is 44.9. The number of ketones is 1. The molecule has 13 nitrogen and oxygen atoms in total. The highest BCUT2D eigenvalue weighted by Crippen LogP contribution is 2.57. The van der Waals surface area contributed by atoms with E-state index in [4.69, 9.17) is 14.2 Å². The van der Waals surface area contributed by atoms with Crippen molar-refractivity contribution in [1.29, 1.82) is 0 Å². The van der Waals surface area contributed by atoms with Gasteiger partial charge in [-0.3, -0.25) is 24.0 Å². The van der Waals surface area contributed by atoms with E-state index < -0.39 is 74.1 Å². The maximum atomic E-state index is 14.4. The topological polar surface area (TPSA) is 162 Å². The summed E-state index contributed by atoms with van der Waals surface area (Å²) in [6.07, 6.45) is 3.76. The van der Waals surface area contributed by atoms with E-state index in [1.165, 1.54) is 16.8 Å². The summed E-state index contributed by atoms with van der Waals surface area (Å²) in [5, 5.41) is 0.934. The van der Waals surface area contributed by atoms with Gasteiger partial charge in [-0.05, 0) is 82.0 Å². The van der Waals surface area contributed by atoms with Crippen LogP contribution >= 0.6 is 0 Å². The highest BCUT2D eigenvalue weighted by molar-refractivity contribution is 7.90. The molecule has 2 aromatic rings. The molecule has 0 bridgehead atoms.